The fraction of sp³-hybridized carbons (Fsp3) is 0.231. The average Bonchev–Trinajstić information content (AvgIpc) is 3.13. The number of ether oxygens (including phenoxy) is 3. The van der Waals surface area contributed by atoms with E-state index in [9.17, 15) is 29.1 Å². The van der Waals surface area contributed by atoms with E-state index in [1.165, 1.54) is 50.2 Å². The van der Waals surface area contributed by atoms with Crippen molar-refractivity contribution in [1.82, 2.24) is 4.98 Å². The van der Waals surface area contributed by atoms with Crippen molar-refractivity contribution in [3.05, 3.63) is 76.0 Å². The zero-order valence-corrected chi connectivity index (χ0v) is 20.1. The van der Waals surface area contributed by atoms with E-state index in [1.807, 2.05) is 0 Å². The molecule has 2 atom stereocenters. The van der Waals surface area contributed by atoms with E-state index in [0.29, 0.717) is 0 Å². The summed E-state index contributed by atoms with van der Waals surface area (Å²) in [5.41, 5.74) is -5.25. The van der Waals surface area contributed by atoms with Gasteiger partial charge in [-0.05, 0) is 38.1 Å². The van der Waals surface area contributed by atoms with Crippen LogP contribution in [-0.2, 0) is 28.7 Å². The maximum Gasteiger partial charge on any atom is 0.359 e. The third-order valence-corrected chi connectivity index (χ3v) is 6.21. The minimum absolute atomic E-state index is 0.0533. The highest BCUT2D eigenvalue weighted by Gasteiger charge is 2.71. The number of carbonyl (C=O) groups is 4. The van der Waals surface area contributed by atoms with Gasteiger partial charge in [-0.1, -0.05) is 24.3 Å². The predicted octanol–water partition coefficient (Wildman–Crippen LogP) is 1.91. The lowest BCUT2D eigenvalue weighted by Gasteiger charge is -2.43. The SMILES string of the molecule is CCOC(=O)C1=C(O)C(=O)N2c3ccccc3OC(=O)C12C(C(=O)OCC)c1nc2ccccc2oc1=O. The quantitative estimate of drug-likeness (QED) is 0.373. The maximum absolute atomic E-state index is 13.9. The number of carbonyl (C=O) groups excluding carboxylic acids is 4. The summed E-state index contributed by atoms with van der Waals surface area (Å²) >= 11 is 0. The Morgan fingerprint density at radius 1 is 1.03 bits per heavy atom. The third-order valence-electron chi connectivity index (χ3n) is 6.21. The summed E-state index contributed by atoms with van der Waals surface area (Å²) in [6, 6.07) is 12.0. The third kappa shape index (κ3) is 3.37. The molecule has 2 aromatic carbocycles. The van der Waals surface area contributed by atoms with Crippen molar-refractivity contribution >= 4 is 40.6 Å². The number of rotatable bonds is 6. The highest BCUT2D eigenvalue weighted by Crippen LogP contribution is 2.53. The molecule has 0 bridgehead atoms. The van der Waals surface area contributed by atoms with E-state index in [1.54, 1.807) is 12.1 Å². The summed E-state index contributed by atoms with van der Waals surface area (Å²) in [4.78, 5) is 72.6. The van der Waals surface area contributed by atoms with Gasteiger partial charge < -0.3 is 23.7 Å². The number of anilines is 1. The molecule has 38 heavy (non-hydrogen) atoms. The Morgan fingerprint density at radius 2 is 1.71 bits per heavy atom. The summed E-state index contributed by atoms with van der Waals surface area (Å²) in [6.45, 7) is 2.54. The van der Waals surface area contributed by atoms with E-state index < -0.39 is 57.9 Å². The Kier molecular flexibility index (Phi) is 5.94. The van der Waals surface area contributed by atoms with Gasteiger partial charge in [-0.2, -0.15) is 0 Å². The Bertz CT molecular complexity index is 1610. The van der Waals surface area contributed by atoms with Crippen molar-refractivity contribution in [3.63, 3.8) is 0 Å². The van der Waals surface area contributed by atoms with Gasteiger partial charge in [-0.25, -0.2) is 19.4 Å². The van der Waals surface area contributed by atoms with Crippen LogP contribution in [0.25, 0.3) is 11.1 Å². The number of fused-ring (bicyclic) bond motifs is 4. The van der Waals surface area contributed by atoms with Crippen LogP contribution in [0.3, 0.4) is 0 Å². The molecule has 12 heteroatoms. The standard InChI is InChI=1S/C26H20N2O10/c1-3-35-22(31)17(19-24(33)37-15-11-7-5-9-13(15)27-19)26-18(23(32)36-4-2)20(29)21(30)28(26)14-10-6-8-12-16(14)38-25(26)34/h5-12,17,29H,3-4H2,1-2H3. The molecule has 3 aromatic rings. The number of amides is 1. The number of benzene rings is 2. The number of esters is 3. The second kappa shape index (κ2) is 9.14. The molecule has 0 radical (unpaired) electrons. The number of aliphatic hydroxyl groups is 1. The van der Waals surface area contributed by atoms with Crippen LogP contribution in [0.1, 0.15) is 25.5 Å². The summed E-state index contributed by atoms with van der Waals surface area (Å²) in [5.74, 6) is -8.33. The minimum atomic E-state index is -2.75. The van der Waals surface area contributed by atoms with Crippen LogP contribution in [-0.4, -0.2) is 52.7 Å². The van der Waals surface area contributed by atoms with Crippen LogP contribution in [0.2, 0.25) is 0 Å². The van der Waals surface area contributed by atoms with Gasteiger partial charge in [0.05, 0.1) is 18.9 Å². The summed E-state index contributed by atoms with van der Waals surface area (Å²) < 4.78 is 21.2. The van der Waals surface area contributed by atoms with E-state index in [2.05, 4.69) is 4.98 Å². The summed E-state index contributed by atoms with van der Waals surface area (Å²) in [6.07, 6.45) is 0. The molecular weight excluding hydrogens is 500 g/mol. The zero-order chi connectivity index (χ0) is 27.2. The van der Waals surface area contributed by atoms with Crippen LogP contribution in [0.15, 0.2) is 69.1 Å². The first kappa shape index (κ1) is 24.7. The highest BCUT2D eigenvalue weighted by molar-refractivity contribution is 6.26. The fourth-order valence-corrected chi connectivity index (χ4v) is 4.76. The summed E-state index contributed by atoms with van der Waals surface area (Å²) in [5, 5.41) is 10.9. The first-order chi connectivity index (χ1) is 18.3. The molecular formula is C26H20N2O10. The molecule has 1 amide bonds. The lowest BCUT2D eigenvalue weighted by atomic mass is 9.74. The number of nitrogens with zero attached hydrogens (tertiary/aromatic N) is 2. The van der Waals surface area contributed by atoms with E-state index in [4.69, 9.17) is 18.6 Å². The van der Waals surface area contributed by atoms with Crippen molar-refractivity contribution in [2.45, 2.75) is 25.3 Å². The van der Waals surface area contributed by atoms with E-state index in [0.717, 1.165) is 4.90 Å². The zero-order valence-electron chi connectivity index (χ0n) is 20.1. The largest absolute Gasteiger partial charge is 0.503 e. The van der Waals surface area contributed by atoms with E-state index >= 15 is 0 Å². The Morgan fingerprint density at radius 3 is 2.45 bits per heavy atom. The predicted molar refractivity (Wildman–Crippen MR) is 128 cm³/mol. The van der Waals surface area contributed by atoms with Gasteiger partial charge >= 0.3 is 23.5 Å². The van der Waals surface area contributed by atoms with Gasteiger partial charge in [0, 0.05) is 0 Å². The molecule has 0 spiro atoms. The molecule has 0 saturated heterocycles. The second-order valence-electron chi connectivity index (χ2n) is 8.25. The molecule has 12 nitrogen and oxygen atoms in total. The van der Waals surface area contributed by atoms with Gasteiger partial charge in [-0.15, -0.1) is 0 Å². The van der Waals surface area contributed by atoms with Crippen molar-refractivity contribution in [1.29, 1.82) is 0 Å². The molecule has 3 heterocycles. The lowest BCUT2D eigenvalue weighted by molar-refractivity contribution is -0.155. The summed E-state index contributed by atoms with van der Waals surface area (Å²) in [7, 11) is 0. The van der Waals surface area contributed by atoms with Gasteiger partial charge in [-0.3, -0.25) is 14.5 Å². The number of hydrogen-bond donors (Lipinski definition) is 1. The molecule has 2 aliphatic heterocycles. The van der Waals surface area contributed by atoms with E-state index in [-0.39, 0.29) is 35.8 Å². The van der Waals surface area contributed by atoms with Crippen molar-refractivity contribution in [2.75, 3.05) is 18.1 Å². The molecule has 5 rings (SSSR count). The van der Waals surface area contributed by atoms with Crippen LogP contribution in [0.5, 0.6) is 5.75 Å². The molecule has 0 fully saturated rings. The van der Waals surface area contributed by atoms with Gasteiger partial charge in [0.1, 0.15) is 22.7 Å². The first-order valence-corrected chi connectivity index (χ1v) is 11.6. The molecule has 0 saturated carbocycles. The molecule has 2 aliphatic rings. The molecule has 0 aliphatic carbocycles. The normalized spacial score (nSPS) is 19.1. The minimum Gasteiger partial charge on any atom is -0.503 e. The highest BCUT2D eigenvalue weighted by atomic mass is 16.6. The van der Waals surface area contributed by atoms with Gasteiger partial charge in [0.25, 0.3) is 5.91 Å². The molecule has 2 unspecified atom stereocenters. The second-order valence-corrected chi connectivity index (χ2v) is 8.25. The van der Waals surface area contributed by atoms with Crippen molar-refractivity contribution in [2.24, 2.45) is 0 Å². The molecule has 194 valence electrons. The van der Waals surface area contributed by atoms with Crippen LogP contribution < -0.4 is 15.3 Å². The van der Waals surface area contributed by atoms with Crippen LogP contribution in [0.4, 0.5) is 5.69 Å². The van der Waals surface area contributed by atoms with Crippen molar-refractivity contribution in [3.8, 4) is 5.75 Å². The first-order valence-electron chi connectivity index (χ1n) is 11.6. The number of para-hydroxylation sites is 4. The number of hydrogen-bond acceptors (Lipinski definition) is 11. The number of aliphatic hydroxyl groups excluding tert-OH is 1. The van der Waals surface area contributed by atoms with Gasteiger partial charge in [0.15, 0.2) is 17.1 Å². The Hall–Kier alpha value is -5.00. The fourth-order valence-electron chi connectivity index (χ4n) is 4.76. The topological polar surface area (TPSA) is 163 Å². The number of aromatic nitrogens is 1. The van der Waals surface area contributed by atoms with Crippen molar-refractivity contribution < 1.29 is 42.9 Å². The Balaban J connectivity index is 1.90. The van der Waals surface area contributed by atoms with Crippen LogP contribution >= 0.6 is 0 Å². The van der Waals surface area contributed by atoms with Gasteiger partial charge in [0.2, 0.25) is 5.54 Å². The average molecular weight is 520 g/mol. The molecule has 1 aromatic heterocycles. The lowest BCUT2D eigenvalue weighted by Crippen LogP contribution is -2.65. The Labute approximate surface area is 214 Å². The smallest absolute Gasteiger partial charge is 0.359 e. The molecule has 1 N–H and O–H groups in total. The monoisotopic (exact) mass is 520 g/mol. The van der Waals surface area contributed by atoms with Crippen LogP contribution in [0, 0.1) is 0 Å². The maximum atomic E-state index is 13.9.